The van der Waals surface area contributed by atoms with Gasteiger partial charge in [-0.25, -0.2) is 0 Å². The molecule has 33 heavy (non-hydrogen) atoms. The lowest BCUT2D eigenvalue weighted by molar-refractivity contribution is -0.270. The van der Waals surface area contributed by atoms with Crippen LogP contribution in [-0.4, -0.2) is 33.6 Å². The van der Waals surface area contributed by atoms with E-state index in [1.54, 1.807) is 0 Å². The molecule has 4 aliphatic rings. The van der Waals surface area contributed by atoms with Crippen LogP contribution in [0.25, 0.3) is 0 Å². The second kappa shape index (κ2) is 8.20. The summed E-state index contributed by atoms with van der Waals surface area (Å²) in [5, 5.41) is 34.2. The highest BCUT2D eigenvalue weighted by molar-refractivity contribution is 5.23. The van der Waals surface area contributed by atoms with Crippen LogP contribution in [0.1, 0.15) is 99.8 Å². The Bertz CT molecular complexity index is 809. The first kappa shape index (κ1) is 25.5. The summed E-state index contributed by atoms with van der Waals surface area (Å²) in [6.45, 7) is 20.4. The normalized spacial score (nSPS) is 50.7. The Kier molecular flexibility index (Phi) is 6.33. The third-order valence-corrected chi connectivity index (χ3v) is 11.8. The van der Waals surface area contributed by atoms with Crippen LogP contribution in [0.3, 0.4) is 0 Å². The minimum absolute atomic E-state index is 0.00534. The molecule has 0 aliphatic heterocycles. The van der Waals surface area contributed by atoms with Crippen LogP contribution in [0, 0.1) is 45.3 Å². The van der Waals surface area contributed by atoms with Gasteiger partial charge >= 0.3 is 0 Å². The maximum atomic E-state index is 11.7. The van der Waals surface area contributed by atoms with Gasteiger partial charge in [0.2, 0.25) is 0 Å². The predicted octanol–water partition coefficient (Wildman–Crippen LogP) is 6.28. The number of rotatable bonds is 4. The van der Waals surface area contributed by atoms with Gasteiger partial charge in [0.25, 0.3) is 0 Å². The van der Waals surface area contributed by atoms with Gasteiger partial charge in [0.1, 0.15) is 0 Å². The molecule has 0 bridgehead atoms. The molecule has 4 aliphatic carbocycles. The van der Waals surface area contributed by atoms with E-state index >= 15 is 0 Å². The molecule has 4 fully saturated rings. The lowest BCUT2D eigenvalue weighted by atomic mass is 9.34. The van der Waals surface area contributed by atoms with Crippen molar-refractivity contribution in [2.24, 2.45) is 45.3 Å². The van der Waals surface area contributed by atoms with Crippen LogP contribution < -0.4 is 0 Å². The number of aliphatic hydroxyl groups is 3. The van der Waals surface area contributed by atoms with Crippen LogP contribution in [0.15, 0.2) is 23.8 Å². The molecule has 3 heteroatoms. The van der Waals surface area contributed by atoms with Crippen molar-refractivity contribution in [3.05, 3.63) is 23.8 Å². The van der Waals surface area contributed by atoms with Gasteiger partial charge in [-0.2, -0.15) is 0 Å². The molecule has 0 spiro atoms. The molecular formula is C30H50O3. The van der Waals surface area contributed by atoms with Crippen molar-refractivity contribution in [3.63, 3.8) is 0 Å². The molecule has 188 valence electrons. The van der Waals surface area contributed by atoms with Crippen LogP contribution in [-0.2, 0) is 0 Å². The second-order valence-electron chi connectivity index (χ2n) is 14.0. The molecule has 4 rings (SSSR count). The van der Waals surface area contributed by atoms with Crippen LogP contribution in [0.5, 0.6) is 0 Å². The summed E-state index contributed by atoms with van der Waals surface area (Å²) in [6.07, 6.45) is 8.78. The number of hydrogen-bond acceptors (Lipinski definition) is 3. The average Bonchev–Trinajstić information content (AvgIpc) is 3.07. The zero-order valence-electron chi connectivity index (χ0n) is 22.3. The molecule has 0 heterocycles. The fourth-order valence-corrected chi connectivity index (χ4v) is 10.1. The van der Waals surface area contributed by atoms with E-state index < -0.39 is 6.10 Å². The highest BCUT2D eigenvalue weighted by Gasteiger charge is 2.72. The molecular weight excluding hydrogens is 408 g/mol. The maximum Gasteiger partial charge on any atom is 0.0595 e. The van der Waals surface area contributed by atoms with Crippen LogP contribution in [0.4, 0.5) is 0 Å². The summed E-state index contributed by atoms with van der Waals surface area (Å²) in [6, 6.07) is 0. The molecule has 0 aromatic carbocycles. The van der Waals surface area contributed by atoms with Crippen molar-refractivity contribution < 1.29 is 15.3 Å². The SMILES string of the molecule is C=C(CCC=C(C)C)[C@H]1CC[C@]2(C)[C@@H]1[C@H](O)C[C@@H]1[C@@]3(C)CC[C@H](O)C(C)(C)[C@H]3[C@@H](O)C[C@]12C. The lowest BCUT2D eigenvalue weighted by Gasteiger charge is -2.71. The molecule has 0 unspecified atom stereocenters. The largest absolute Gasteiger partial charge is 0.393 e. The third kappa shape index (κ3) is 3.54. The van der Waals surface area contributed by atoms with Crippen molar-refractivity contribution >= 4 is 0 Å². The van der Waals surface area contributed by atoms with Crippen molar-refractivity contribution in [1.82, 2.24) is 0 Å². The number of allylic oxidation sites excluding steroid dienone is 3. The van der Waals surface area contributed by atoms with Crippen molar-refractivity contribution in [1.29, 1.82) is 0 Å². The molecule has 3 N–H and O–H groups in total. The Morgan fingerprint density at radius 2 is 1.61 bits per heavy atom. The Labute approximate surface area is 202 Å². The van der Waals surface area contributed by atoms with Gasteiger partial charge in [0.15, 0.2) is 0 Å². The molecule has 0 radical (unpaired) electrons. The summed E-state index contributed by atoms with van der Waals surface area (Å²) in [4.78, 5) is 0. The quantitative estimate of drug-likeness (QED) is 0.435. The van der Waals surface area contributed by atoms with Gasteiger partial charge in [-0.05, 0) is 111 Å². The third-order valence-electron chi connectivity index (χ3n) is 11.8. The molecule has 0 amide bonds. The molecule has 0 aromatic rings. The minimum atomic E-state index is -0.408. The molecule has 3 nitrogen and oxygen atoms in total. The Morgan fingerprint density at radius 3 is 2.24 bits per heavy atom. The van der Waals surface area contributed by atoms with E-state index in [-0.39, 0.29) is 45.7 Å². The topological polar surface area (TPSA) is 60.7 Å². The molecule has 0 aromatic heterocycles. The van der Waals surface area contributed by atoms with E-state index in [0.717, 1.165) is 51.4 Å². The smallest absolute Gasteiger partial charge is 0.0595 e. The van der Waals surface area contributed by atoms with Gasteiger partial charge in [-0.1, -0.05) is 58.4 Å². The lowest BCUT2D eigenvalue weighted by Crippen LogP contribution is -2.69. The predicted molar refractivity (Wildman–Crippen MR) is 136 cm³/mol. The maximum absolute atomic E-state index is 11.7. The summed E-state index contributed by atoms with van der Waals surface area (Å²) in [5.74, 6) is 1.03. The fourth-order valence-electron chi connectivity index (χ4n) is 10.1. The summed E-state index contributed by atoms with van der Waals surface area (Å²) in [7, 11) is 0. The van der Waals surface area contributed by atoms with Crippen LogP contribution >= 0.6 is 0 Å². The molecule has 0 saturated heterocycles. The molecule has 10 atom stereocenters. The summed E-state index contributed by atoms with van der Waals surface area (Å²) >= 11 is 0. The van der Waals surface area contributed by atoms with E-state index in [1.807, 2.05) is 0 Å². The van der Waals surface area contributed by atoms with Gasteiger partial charge in [-0.15, -0.1) is 0 Å². The Morgan fingerprint density at radius 1 is 0.939 bits per heavy atom. The number of aliphatic hydroxyl groups excluding tert-OH is 3. The first-order valence-electron chi connectivity index (χ1n) is 13.6. The van der Waals surface area contributed by atoms with E-state index in [2.05, 4.69) is 61.1 Å². The van der Waals surface area contributed by atoms with Gasteiger partial charge in [0.05, 0.1) is 18.3 Å². The standard InChI is InChI=1S/C30H50O3/c1-18(2)10-9-11-19(3)20-12-15-29(7)25(20)21(31)16-23-28(6)14-13-24(33)27(4,5)26(28)22(32)17-30(23,29)8/h10,20-26,31-33H,3,9,11-17H2,1-2,4-8H3/t20-,21-,22+,23-,24+,25+,26-,28-,29-,30-/m1/s1. The van der Waals surface area contributed by atoms with Gasteiger partial charge in [-0.3, -0.25) is 0 Å². The van der Waals surface area contributed by atoms with E-state index in [0.29, 0.717) is 11.8 Å². The highest BCUT2D eigenvalue weighted by atomic mass is 16.3. The van der Waals surface area contributed by atoms with Crippen LogP contribution in [0.2, 0.25) is 0 Å². The van der Waals surface area contributed by atoms with Crippen molar-refractivity contribution in [2.75, 3.05) is 0 Å². The Balaban J connectivity index is 1.68. The van der Waals surface area contributed by atoms with Crippen molar-refractivity contribution in [3.8, 4) is 0 Å². The second-order valence-corrected chi connectivity index (χ2v) is 14.0. The Hall–Kier alpha value is -0.640. The minimum Gasteiger partial charge on any atom is -0.393 e. The summed E-state index contributed by atoms with van der Waals surface area (Å²) in [5.41, 5.74) is 2.26. The van der Waals surface area contributed by atoms with E-state index in [1.165, 1.54) is 11.1 Å². The zero-order chi connectivity index (χ0) is 24.6. The van der Waals surface area contributed by atoms with E-state index in [9.17, 15) is 15.3 Å². The zero-order valence-corrected chi connectivity index (χ0v) is 22.3. The van der Waals surface area contributed by atoms with Gasteiger partial charge in [0, 0.05) is 0 Å². The van der Waals surface area contributed by atoms with Crippen molar-refractivity contribution in [2.45, 2.75) is 118 Å². The monoisotopic (exact) mass is 458 g/mol. The number of fused-ring (bicyclic) bond motifs is 5. The first-order chi connectivity index (χ1) is 15.2. The average molecular weight is 459 g/mol. The first-order valence-corrected chi connectivity index (χ1v) is 13.6. The highest BCUT2D eigenvalue weighted by Crippen LogP contribution is 2.75. The number of hydrogen-bond donors (Lipinski definition) is 3. The van der Waals surface area contributed by atoms with Gasteiger partial charge < -0.3 is 15.3 Å². The fraction of sp³-hybridized carbons (Fsp3) is 0.867. The molecule has 4 saturated carbocycles. The summed E-state index contributed by atoms with van der Waals surface area (Å²) < 4.78 is 0. The van der Waals surface area contributed by atoms with E-state index in [4.69, 9.17) is 0 Å².